The van der Waals surface area contributed by atoms with E-state index in [4.69, 9.17) is 14.2 Å². The Bertz CT molecular complexity index is 483. The molecule has 1 heterocycles. The number of aldehydes is 1. The van der Waals surface area contributed by atoms with Crippen LogP contribution in [0.4, 0.5) is 5.69 Å². The fourth-order valence-electron chi connectivity index (χ4n) is 2.59. The average molecular weight is 295 g/mol. The molecule has 0 saturated carbocycles. The third-order valence-corrected chi connectivity index (χ3v) is 3.81. The summed E-state index contributed by atoms with van der Waals surface area (Å²) in [6.45, 7) is 1.60. The highest BCUT2D eigenvalue weighted by Crippen LogP contribution is 2.30. The minimum absolute atomic E-state index is 0.207. The molecule has 6 heteroatoms. The van der Waals surface area contributed by atoms with Gasteiger partial charge in [0, 0.05) is 57.2 Å². The van der Waals surface area contributed by atoms with Crippen LogP contribution >= 0.6 is 0 Å². The number of ether oxygens (including phenoxy) is 3. The van der Waals surface area contributed by atoms with E-state index in [9.17, 15) is 9.90 Å². The summed E-state index contributed by atoms with van der Waals surface area (Å²) >= 11 is 0. The summed E-state index contributed by atoms with van der Waals surface area (Å²) in [5, 5.41) is 9.69. The summed E-state index contributed by atoms with van der Waals surface area (Å²) in [4.78, 5) is 13.3. The zero-order valence-electron chi connectivity index (χ0n) is 12.5. The van der Waals surface area contributed by atoms with Gasteiger partial charge >= 0.3 is 0 Å². The first-order valence-electron chi connectivity index (χ1n) is 6.75. The average Bonchev–Trinajstić information content (AvgIpc) is 2.49. The van der Waals surface area contributed by atoms with Crippen molar-refractivity contribution < 1.29 is 24.1 Å². The second kappa shape index (κ2) is 7.00. The molecule has 0 amide bonds. The van der Waals surface area contributed by atoms with Gasteiger partial charge in [-0.25, -0.2) is 0 Å². The number of hydrogen-bond acceptors (Lipinski definition) is 6. The molecule has 21 heavy (non-hydrogen) atoms. The third-order valence-electron chi connectivity index (χ3n) is 3.81. The van der Waals surface area contributed by atoms with Crippen LogP contribution in [0.15, 0.2) is 18.2 Å². The second-order valence-electron chi connectivity index (χ2n) is 5.02. The third kappa shape index (κ3) is 3.24. The van der Waals surface area contributed by atoms with Gasteiger partial charge in [0.1, 0.15) is 0 Å². The summed E-state index contributed by atoms with van der Waals surface area (Å²) in [7, 11) is 4.65. The number of anilines is 1. The van der Waals surface area contributed by atoms with Crippen molar-refractivity contribution in [3.63, 3.8) is 0 Å². The Morgan fingerprint density at radius 1 is 1.24 bits per heavy atom. The minimum Gasteiger partial charge on any atom is -0.370 e. The van der Waals surface area contributed by atoms with Crippen molar-refractivity contribution in [1.29, 1.82) is 0 Å². The first-order chi connectivity index (χ1) is 10.1. The van der Waals surface area contributed by atoms with E-state index in [0.717, 1.165) is 25.1 Å². The molecule has 0 radical (unpaired) electrons. The van der Waals surface area contributed by atoms with E-state index in [1.54, 1.807) is 26.4 Å². The molecule has 0 spiro atoms. The van der Waals surface area contributed by atoms with E-state index in [0.29, 0.717) is 17.0 Å². The Morgan fingerprint density at radius 3 is 2.43 bits per heavy atom. The van der Waals surface area contributed by atoms with E-state index in [-0.39, 0.29) is 6.29 Å². The second-order valence-corrected chi connectivity index (χ2v) is 5.02. The van der Waals surface area contributed by atoms with Crippen LogP contribution in [0.25, 0.3) is 0 Å². The van der Waals surface area contributed by atoms with Crippen molar-refractivity contribution in [2.45, 2.75) is 12.6 Å². The Labute approximate surface area is 124 Å². The van der Waals surface area contributed by atoms with Crippen molar-refractivity contribution >= 4 is 12.0 Å². The molecule has 1 saturated heterocycles. The highest BCUT2D eigenvalue weighted by molar-refractivity contribution is 5.80. The molecule has 6 nitrogen and oxygen atoms in total. The molecule has 1 aliphatic rings. The lowest BCUT2D eigenvalue weighted by atomic mass is 9.97. The molecule has 1 aromatic carbocycles. The Morgan fingerprint density at radius 2 is 1.90 bits per heavy atom. The number of carbonyl (C=O) groups excluding carboxylic acids is 1. The highest BCUT2D eigenvalue weighted by Gasteiger charge is 2.34. The van der Waals surface area contributed by atoms with E-state index in [2.05, 4.69) is 4.90 Å². The number of benzene rings is 1. The molecule has 0 aromatic heterocycles. The normalized spacial score (nSPS) is 16.9. The molecule has 1 N–H and O–H groups in total. The fourth-order valence-corrected chi connectivity index (χ4v) is 2.59. The number of hydrogen-bond donors (Lipinski definition) is 1. The van der Waals surface area contributed by atoms with Crippen LogP contribution in [-0.2, 0) is 14.2 Å². The largest absolute Gasteiger partial charge is 0.370 e. The van der Waals surface area contributed by atoms with Crippen molar-refractivity contribution in [3.05, 3.63) is 29.3 Å². The number of aliphatic hydroxyl groups is 1. The molecule has 116 valence electrons. The van der Waals surface area contributed by atoms with Gasteiger partial charge in [0.2, 0.25) is 0 Å². The SMILES string of the molecule is COC(O)c1ccc(N2CC(C(OC)OC)C2)cc1C=O. The summed E-state index contributed by atoms with van der Waals surface area (Å²) in [5.41, 5.74) is 1.84. The van der Waals surface area contributed by atoms with Crippen LogP contribution in [-0.4, -0.2) is 52.1 Å². The zero-order valence-corrected chi connectivity index (χ0v) is 12.5. The van der Waals surface area contributed by atoms with E-state index in [1.807, 2.05) is 6.07 Å². The standard InChI is InChI=1S/C15H21NO5/c1-19-14(18)13-5-4-12(6-10(13)9-17)16-7-11(8-16)15(20-2)21-3/h4-6,9,11,14-15,18H,7-8H2,1-3H3. The Hall–Kier alpha value is -1.47. The van der Waals surface area contributed by atoms with Gasteiger partial charge < -0.3 is 24.2 Å². The molecule has 1 unspecified atom stereocenters. The predicted molar refractivity (Wildman–Crippen MR) is 77.3 cm³/mol. The lowest BCUT2D eigenvalue weighted by Gasteiger charge is -2.43. The van der Waals surface area contributed by atoms with Gasteiger partial charge in [0.25, 0.3) is 0 Å². The maximum absolute atomic E-state index is 11.2. The lowest BCUT2D eigenvalue weighted by molar-refractivity contribution is -0.142. The van der Waals surface area contributed by atoms with Gasteiger partial charge in [0.05, 0.1) is 0 Å². The highest BCUT2D eigenvalue weighted by atomic mass is 16.7. The van der Waals surface area contributed by atoms with Gasteiger partial charge in [0.15, 0.2) is 18.9 Å². The number of rotatable bonds is 7. The minimum atomic E-state index is -1.09. The van der Waals surface area contributed by atoms with E-state index >= 15 is 0 Å². The van der Waals surface area contributed by atoms with E-state index < -0.39 is 6.29 Å². The van der Waals surface area contributed by atoms with Crippen LogP contribution in [0.2, 0.25) is 0 Å². The van der Waals surface area contributed by atoms with Gasteiger partial charge in [-0.15, -0.1) is 0 Å². The fraction of sp³-hybridized carbons (Fsp3) is 0.533. The molecule has 1 fully saturated rings. The smallest absolute Gasteiger partial charge is 0.181 e. The number of carbonyl (C=O) groups is 1. The summed E-state index contributed by atoms with van der Waals surface area (Å²) < 4.78 is 15.3. The van der Waals surface area contributed by atoms with Crippen molar-refractivity contribution in [2.75, 3.05) is 39.3 Å². The molecule has 1 aromatic rings. The zero-order chi connectivity index (χ0) is 15.4. The maximum Gasteiger partial charge on any atom is 0.181 e. The van der Waals surface area contributed by atoms with Gasteiger partial charge in [-0.1, -0.05) is 6.07 Å². The molecular formula is C15H21NO5. The van der Waals surface area contributed by atoms with Crippen LogP contribution in [0.5, 0.6) is 0 Å². The van der Waals surface area contributed by atoms with E-state index in [1.165, 1.54) is 7.11 Å². The van der Waals surface area contributed by atoms with Gasteiger partial charge in [-0.05, 0) is 12.1 Å². The summed E-state index contributed by atoms with van der Waals surface area (Å²) in [5.74, 6) is 0.309. The van der Waals surface area contributed by atoms with Crippen molar-refractivity contribution in [1.82, 2.24) is 0 Å². The quantitative estimate of drug-likeness (QED) is 0.602. The van der Waals surface area contributed by atoms with Crippen LogP contribution in [0.3, 0.4) is 0 Å². The topological polar surface area (TPSA) is 68.2 Å². The van der Waals surface area contributed by atoms with Crippen LogP contribution < -0.4 is 4.90 Å². The van der Waals surface area contributed by atoms with Gasteiger partial charge in [-0.3, -0.25) is 4.79 Å². The molecule has 0 bridgehead atoms. The maximum atomic E-state index is 11.2. The first-order valence-corrected chi connectivity index (χ1v) is 6.75. The number of nitrogens with zero attached hydrogens (tertiary/aromatic N) is 1. The summed E-state index contributed by atoms with van der Waals surface area (Å²) in [6, 6.07) is 5.34. The van der Waals surface area contributed by atoms with Crippen LogP contribution in [0.1, 0.15) is 22.2 Å². The molecular weight excluding hydrogens is 274 g/mol. The first kappa shape index (κ1) is 15.9. The number of methoxy groups -OCH3 is 3. The van der Waals surface area contributed by atoms with Crippen molar-refractivity contribution in [2.24, 2.45) is 5.92 Å². The predicted octanol–water partition coefficient (Wildman–Crippen LogP) is 1.19. The Balaban J connectivity index is 2.08. The lowest BCUT2D eigenvalue weighted by Crippen LogP contribution is -2.53. The molecule has 2 rings (SSSR count). The molecule has 0 aliphatic carbocycles. The molecule has 1 aliphatic heterocycles. The summed E-state index contributed by atoms with van der Waals surface area (Å²) in [6.07, 6.45) is -0.568. The van der Waals surface area contributed by atoms with Gasteiger partial charge in [-0.2, -0.15) is 0 Å². The van der Waals surface area contributed by atoms with Crippen LogP contribution in [0, 0.1) is 5.92 Å². The monoisotopic (exact) mass is 295 g/mol. The molecule has 1 atom stereocenters. The van der Waals surface area contributed by atoms with Crippen molar-refractivity contribution in [3.8, 4) is 0 Å². The Kier molecular flexibility index (Phi) is 5.30. The number of aliphatic hydroxyl groups excluding tert-OH is 1.